The molecule has 108 valence electrons. The lowest BCUT2D eigenvalue weighted by molar-refractivity contribution is -0.174. The number of azo groups is 1. The molecule has 0 aliphatic carbocycles. The third kappa shape index (κ3) is 2.61. The molecule has 2 rings (SSSR count). The molecule has 1 aliphatic heterocycles. The highest BCUT2D eigenvalue weighted by atomic mass is 32.2. The van der Waals surface area contributed by atoms with Crippen LogP contribution in [0.4, 0.5) is 13.2 Å². The first-order valence-electron chi connectivity index (χ1n) is 6.31. The minimum absolute atomic E-state index is 0.117. The van der Waals surface area contributed by atoms with Gasteiger partial charge in [0.25, 0.3) is 0 Å². The van der Waals surface area contributed by atoms with Crippen molar-refractivity contribution in [3.8, 4) is 0 Å². The molecule has 1 unspecified atom stereocenters. The van der Waals surface area contributed by atoms with E-state index in [0.29, 0.717) is 0 Å². The highest BCUT2D eigenvalue weighted by Crippen LogP contribution is 2.46. The zero-order valence-corrected chi connectivity index (χ0v) is 12.1. The fourth-order valence-electron chi connectivity index (χ4n) is 1.97. The monoisotopic (exact) mass is 300 g/mol. The summed E-state index contributed by atoms with van der Waals surface area (Å²) in [7, 11) is 0. The number of halogens is 3. The third-order valence-corrected chi connectivity index (χ3v) is 4.48. The van der Waals surface area contributed by atoms with E-state index in [-0.39, 0.29) is 5.56 Å². The number of thioether (sulfide) groups is 1. The second kappa shape index (κ2) is 5.60. The number of alkyl halides is 3. The Labute approximate surface area is 120 Å². The predicted molar refractivity (Wildman–Crippen MR) is 73.9 cm³/mol. The summed E-state index contributed by atoms with van der Waals surface area (Å²) < 4.78 is 40.1. The van der Waals surface area contributed by atoms with Crippen molar-refractivity contribution >= 4 is 11.8 Å². The van der Waals surface area contributed by atoms with Gasteiger partial charge in [0, 0.05) is 11.1 Å². The molecule has 0 spiro atoms. The molecule has 1 heterocycles. The van der Waals surface area contributed by atoms with Gasteiger partial charge in [0.15, 0.2) is 0 Å². The van der Waals surface area contributed by atoms with E-state index in [4.69, 9.17) is 0 Å². The van der Waals surface area contributed by atoms with Gasteiger partial charge in [-0.15, -0.1) is 11.8 Å². The molecule has 0 aromatic heterocycles. The fraction of sp³-hybridized carbons (Fsp3) is 0.429. The van der Waals surface area contributed by atoms with Crippen LogP contribution >= 0.6 is 11.8 Å². The molecule has 1 aromatic rings. The molecule has 0 radical (unpaired) electrons. The third-order valence-electron chi connectivity index (χ3n) is 3.12. The van der Waals surface area contributed by atoms with Crippen LogP contribution in [-0.2, 0) is 5.54 Å². The van der Waals surface area contributed by atoms with Crippen molar-refractivity contribution in [3.05, 3.63) is 41.6 Å². The normalized spacial score (nSPS) is 21.6. The number of aryl methyl sites for hydroxylation is 1. The summed E-state index contributed by atoms with van der Waals surface area (Å²) in [5, 5.41) is 6.85. The predicted octanol–water partition coefficient (Wildman–Crippen LogP) is 5.23. The highest BCUT2D eigenvalue weighted by molar-refractivity contribution is 7.99. The molecule has 0 fully saturated rings. The van der Waals surface area contributed by atoms with Crippen LogP contribution in [-0.4, -0.2) is 11.9 Å². The number of rotatable bonds is 4. The van der Waals surface area contributed by atoms with Gasteiger partial charge < -0.3 is 0 Å². The molecule has 1 atom stereocenters. The van der Waals surface area contributed by atoms with Gasteiger partial charge in [0.05, 0.1) is 0 Å². The van der Waals surface area contributed by atoms with Crippen molar-refractivity contribution in [2.24, 2.45) is 10.2 Å². The molecule has 0 saturated carbocycles. The molecule has 0 N–H and O–H groups in total. The van der Waals surface area contributed by atoms with E-state index in [1.165, 1.54) is 6.07 Å². The topological polar surface area (TPSA) is 24.7 Å². The van der Waals surface area contributed by atoms with Crippen molar-refractivity contribution in [2.75, 3.05) is 5.75 Å². The van der Waals surface area contributed by atoms with Crippen LogP contribution in [0.3, 0.4) is 0 Å². The fourth-order valence-corrected chi connectivity index (χ4v) is 2.90. The first-order valence-corrected chi connectivity index (χ1v) is 7.29. The van der Waals surface area contributed by atoms with Gasteiger partial charge in [-0.1, -0.05) is 19.1 Å². The molecule has 2 nitrogen and oxygen atoms in total. The van der Waals surface area contributed by atoms with E-state index < -0.39 is 11.7 Å². The van der Waals surface area contributed by atoms with Crippen LogP contribution in [0, 0.1) is 6.92 Å². The van der Waals surface area contributed by atoms with E-state index in [0.717, 1.165) is 34.9 Å². The van der Waals surface area contributed by atoms with Gasteiger partial charge in [-0.3, -0.25) is 0 Å². The summed E-state index contributed by atoms with van der Waals surface area (Å²) in [5.74, 6) is 0.876. The molecular formula is C14H15F3N2S. The van der Waals surface area contributed by atoms with Crippen LogP contribution in [0.5, 0.6) is 0 Å². The van der Waals surface area contributed by atoms with Crippen LogP contribution < -0.4 is 0 Å². The van der Waals surface area contributed by atoms with Gasteiger partial charge in [-0.25, -0.2) is 0 Å². The molecule has 0 amide bonds. The Balaban J connectivity index is 2.46. The van der Waals surface area contributed by atoms with Crippen LogP contribution in [0.1, 0.15) is 24.5 Å². The summed E-state index contributed by atoms with van der Waals surface area (Å²) in [5.41, 5.74) is -1.24. The zero-order valence-electron chi connectivity index (χ0n) is 11.2. The second-order valence-electron chi connectivity index (χ2n) is 4.62. The van der Waals surface area contributed by atoms with E-state index in [2.05, 4.69) is 10.2 Å². The summed E-state index contributed by atoms with van der Waals surface area (Å²) in [6, 6.07) is 4.77. The maximum Gasteiger partial charge on any atom is 0.423 e. The Morgan fingerprint density at radius 3 is 2.60 bits per heavy atom. The van der Waals surface area contributed by atoms with Crippen molar-refractivity contribution in [3.63, 3.8) is 0 Å². The van der Waals surface area contributed by atoms with E-state index in [1.54, 1.807) is 23.9 Å². The quantitative estimate of drug-likeness (QED) is 0.698. The van der Waals surface area contributed by atoms with Gasteiger partial charge in [-0.05, 0) is 42.4 Å². The molecule has 1 aliphatic rings. The Morgan fingerprint density at radius 2 is 2.05 bits per heavy atom. The SMILES string of the molecule is CCCSc1cc(C2(C(F)(F)F)C=CN=N2)ccc1C. The van der Waals surface area contributed by atoms with E-state index >= 15 is 0 Å². The van der Waals surface area contributed by atoms with Crippen LogP contribution in [0.2, 0.25) is 0 Å². The summed E-state index contributed by atoms with van der Waals surface area (Å²) in [4.78, 5) is 0.864. The minimum atomic E-state index is -4.49. The van der Waals surface area contributed by atoms with Crippen LogP contribution in [0.15, 0.2) is 45.6 Å². The van der Waals surface area contributed by atoms with Gasteiger partial charge >= 0.3 is 6.18 Å². The summed E-state index contributed by atoms with van der Waals surface area (Å²) in [6.45, 7) is 3.94. The van der Waals surface area contributed by atoms with Gasteiger partial charge in [0.2, 0.25) is 5.54 Å². The average molecular weight is 300 g/mol. The van der Waals surface area contributed by atoms with Crippen molar-refractivity contribution < 1.29 is 13.2 Å². The second-order valence-corrected chi connectivity index (χ2v) is 5.76. The largest absolute Gasteiger partial charge is 0.423 e. The van der Waals surface area contributed by atoms with Gasteiger partial charge in [-0.2, -0.15) is 23.4 Å². The molecule has 1 aromatic carbocycles. The zero-order chi connectivity index (χ0) is 14.8. The standard InChI is InChI=1S/C14H15F3N2S/c1-3-8-20-12-9-11(5-4-10(12)2)13(14(15,16)17)6-7-18-19-13/h4-7,9H,3,8H2,1-2H3. The van der Waals surface area contributed by atoms with E-state index in [9.17, 15) is 13.2 Å². The Bertz CT molecular complexity index is 538. The summed E-state index contributed by atoms with van der Waals surface area (Å²) >= 11 is 1.57. The molecular weight excluding hydrogens is 285 g/mol. The minimum Gasteiger partial charge on any atom is -0.168 e. The lowest BCUT2D eigenvalue weighted by Gasteiger charge is -2.26. The molecule has 0 bridgehead atoms. The van der Waals surface area contributed by atoms with Gasteiger partial charge in [0.1, 0.15) is 0 Å². The lowest BCUT2D eigenvalue weighted by Crippen LogP contribution is -2.37. The summed E-state index contributed by atoms with van der Waals surface area (Å²) in [6.07, 6.45) is -1.41. The first kappa shape index (κ1) is 15.1. The molecule has 0 saturated heterocycles. The maximum absolute atomic E-state index is 13.4. The van der Waals surface area contributed by atoms with Crippen molar-refractivity contribution in [2.45, 2.75) is 36.9 Å². The Morgan fingerprint density at radius 1 is 1.30 bits per heavy atom. The first-order chi connectivity index (χ1) is 9.40. The number of hydrogen-bond donors (Lipinski definition) is 0. The average Bonchev–Trinajstić information content (AvgIpc) is 2.88. The highest BCUT2D eigenvalue weighted by Gasteiger charge is 2.56. The molecule has 6 heteroatoms. The smallest absolute Gasteiger partial charge is 0.168 e. The Kier molecular flexibility index (Phi) is 4.22. The lowest BCUT2D eigenvalue weighted by atomic mass is 9.90. The number of hydrogen-bond acceptors (Lipinski definition) is 3. The number of benzene rings is 1. The van der Waals surface area contributed by atoms with Crippen molar-refractivity contribution in [1.82, 2.24) is 0 Å². The van der Waals surface area contributed by atoms with E-state index in [1.807, 2.05) is 13.8 Å². The van der Waals surface area contributed by atoms with Crippen molar-refractivity contribution in [1.29, 1.82) is 0 Å². The van der Waals surface area contributed by atoms with Crippen LogP contribution in [0.25, 0.3) is 0 Å². The maximum atomic E-state index is 13.4. The molecule has 20 heavy (non-hydrogen) atoms. The number of nitrogens with zero attached hydrogens (tertiary/aromatic N) is 2. The Hall–Kier alpha value is -1.30.